The van der Waals surface area contributed by atoms with Gasteiger partial charge in [-0.1, -0.05) is 28.1 Å². The number of likely N-dealkylation sites (tertiary alicyclic amines) is 1. The van der Waals surface area contributed by atoms with Crippen LogP contribution in [0.2, 0.25) is 0 Å². The van der Waals surface area contributed by atoms with Crippen molar-refractivity contribution < 1.29 is 4.79 Å². The number of nitrogens with one attached hydrogen (secondary N) is 1. The zero-order chi connectivity index (χ0) is 18.8. The van der Waals surface area contributed by atoms with Crippen molar-refractivity contribution in [2.24, 2.45) is 0 Å². The van der Waals surface area contributed by atoms with Crippen molar-refractivity contribution in [2.75, 3.05) is 13.1 Å². The van der Waals surface area contributed by atoms with E-state index >= 15 is 0 Å². The summed E-state index contributed by atoms with van der Waals surface area (Å²) in [6.07, 6.45) is 3.84. The van der Waals surface area contributed by atoms with E-state index in [1.807, 2.05) is 54.3 Å². The third-order valence-corrected chi connectivity index (χ3v) is 5.60. The molecule has 1 aliphatic rings. The number of H-pyrrole nitrogens is 1. The van der Waals surface area contributed by atoms with Crippen LogP contribution in [0.1, 0.15) is 40.5 Å². The van der Waals surface area contributed by atoms with E-state index in [0.717, 1.165) is 46.5 Å². The molecule has 1 fully saturated rings. The summed E-state index contributed by atoms with van der Waals surface area (Å²) in [5.41, 5.74) is 4.45. The number of benzene rings is 1. The Morgan fingerprint density at radius 3 is 2.89 bits per heavy atom. The van der Waals surface area contributed by atoms with Gasteiger partial charge < -0.3 is 4.90 Å². The lowest BCUT2D eigenvalue weighted by Gasteiger charge is -2.32. The number of aromatic nitrogens is 3. The van der Waals surface area contributed by atoms with Crippen LogP contribution in [0.4, 0.5) is 0 Å². The maximum Gasteiger partial charge on any atom is 0.255 e. The second-order valence-electron chi connectivity index (χ2n) is 6.94. The van der Waals surface area contributed by atoms with Crippen LogP contribution in [0.5, 0.6) is 0 Å². The predicted molar refractivity (Wildman–Crippen MR) is 109 cm³/mol. The van der Waals surface area contributed by atoms with Gasteiger partial charge in [-0.15, -0.1) is 0 Å². The van der Waals surface area contributed by atoms with Crippen LogP contribution in [-0.2, 0) is 0 Å². The van der Waals surface area contributed by atoms with Gasteiger partial charge in [0.05, 0.1) is 17.0 Å². The van der Waals surface area contributed by atoms with Crippen LogP contribution in [0.15, 0.2) is 53.1 Å². The second kappa shape index (κ2) is 7.64. The summed E-state index contributed by atoms with van der Waals surface area (Å²) >= 11 is 3.49. The molecule has 1 aromatic carbocycles. The third-order valence-electron chi connectivity index (χ3n) is 5.11. The van der Waals surface area contributed by atoms with Gasteiger partial charge in [0, 0.05) is 40.9 Å². The fraction of sp³-hybridized carbons (Fsp3) is 0.286. The highest BCUT2D eigenvalue weighted by Crippen LogP contribution is 2.27. The third kappa shape index (κ3) is 3.81. The molecule has 3 aromatic rings. The molecule has 4 rings (SSSR count). The van der Waals surface area contributed by atoms with Crippen molar-refractivity contribution in [1.82, 2.24) is 20.1 Å². The van der Waals surface area contributed by atoms with Crippen LogP contribution in [0.3, 0.4) is 0 Å². The molecule has 6 heteroatoms. The number of piperidine rings is 1. The molecule has 0 bridgehead atoms. The molecule has 1 atom stereocenters. The van der Waals surface area contributed by atoms with E-state index < -0.39 is 0 Å². The zero-order valence-electron chi connectivity index (χ0n) is 15.2. The maximum atomic E-state index is 13.1. The second-order valence-corrected chi connectivity index (χ2v) is 7.86. The monoisotopic (exact) mass is 424 g/mol. The van der Waals surface area contributed by atoms with Gasteiger partial charge in [-0.05, 0) is 50.1 Å². The Hall–Kier alpha value is -2.47. The highest BCUT2D eigenvalue weighted by molar-refractivity contribution is 9.10. The molecule has 27 heavy (non-hydrogen) atoms. The van der Waals surface area contributed by atoms with Crippen molar-refractivity contribution in [1.29, 1.82) is 0 Å². The first-order chi connectivity index (χ1) is 13.1. The lowest BCUT2D eigenvalue weighted by Crippen LogP contribution is -2.39. The molecule has 0 aliphatic carbocycles. The Morgan fingerprint density at radius 2 is 2.15 bits per heavy atom. The molecular weight excluding hydrogens is 404 g/mol. The Bertz CT molecular complexity index is 955. The molecule has 1 N–H and O–H groups in total. The van der Waals surface area contributed by atoms with Crippen LogP contribution < -0.4 is 0 Å². The fourth-order valence-electron chi connectivity index (χ4n) is 3.68. The minimum atomic E-state index is 0.0602. The Kier molecular flexibility index (Phi) is 5.07. The molecule has 0 saturated carbocycles. The molecule has 1 amide bonds. The maximum absolute atomic E-state index is 13.1. The Labute approximate surface area is 167 Å². The highest BCUT2D eigenvalue weighted by atomic mass is 79.9. The number of amides is 1. The number of carbonyl (C=O) groups excluding carboxylic acids is 1. The minimum Gasteiger partial charge on any atom is -0.338 e. The highest BCUT2D eigenvalue weighted by Gasteiger charge is 2.27. The average Bonchev–Trinajstić information content (AvgIpc) is 3.22. The van der Waals surface area contributed by atoms with E-state index in [1.165, 1.54) is 0 Å². The van der Waals surface area contributed by atoms with Gasteiger partial charge in [-0.25, -0.2) is 0 Å². The first-order valence-corrected chi connectivity index (χ1v) is 9.93. The smallest absolute Gasteiger partial charge is 0.255 e. The fourth-order valence-corrected chi connectivity index (χ4v) is 4.07. The topological polar surface area (TPSA) is 61.9 Å². The van der Waals surface area contributed by atoms with Crippen LogP contribution in [-0.4, -0.2) is 39.1 Å². The van der Waals surface area contributed by atoms with Crippen LogP contribution in [0.25, 0.3) is 11.3 Å². The standard InChI is InChI=1S/C21H21BrN4O/c1-14-18(7-8-19(24-14)15-4-2-6-17(22)12-15)21(27)26-11-3-5-16(13-26)20-9-10-23-25-20/h2,4,6-10,12,16H,3,5,11,13H2,1H3,(H,23,25). The van der Waals surface area contributed by atoms with E-state index in [-0.39, 0.29) is 5.91 Å². The van der Waals surface area contributed by atoms with Crippen LogP contribution in [0, 0.1) is 6.92 Å². The first-order valence-electron chi connectivity index (χ1n) is 9.14. The van der Waals surface area contributed by atoms with Gasteiger partial charge in [0.25, 0.3) is 5.91 Å². The van der Waals surface area contributed by atoms with Crippen molar-refractivity contribution in [3.63, 3.8) is 0 Å². The largest absolute Gasteiger partial charge is 0.338 e. The molecule has 0 radical (unpaired) electrons. The summed E-state index contributed by atoms with van der Waals surface area (Å²) in [6.45, 7) is 3.41. The number of hydrogen-bond acceptors (Lipinski definition) is 3. The summed E-state index contributed by atoms with van der Waals surface area (Å²) in [7, 11) is 0. The van der Waals surface area contributed by atoms with Crippen molar-refractivity contribution >= 4 is 21.8 Å². The molecule has 1 unspecified atom stereocenters. The molecule has 138 valence electrons. The van der Waals surface area contributed by atoms with E-state index in [0.29, 0.717) is 18.0 Å². The van der Waals surface area contributed by atoms with E-state index in [1.54, 1.807) is 6.20 Å². The Balaban J connectivity index is 1.55. The molecule has 5 nitrogen and oxygen atoms in total. The number of hydrogen-bond donors (Lipinski definition) is 1. The molecule has 2 aromatic heterocycles. The quantitative estimate of drug-likeness (QED) is 0.669. The number of aryl methyl sites for hydroxylation is 1. The Morgan fingerprint density at radius 1 is 1.26 bits per heavy atom. The zero-order valence-corrected chi connectivity index (χ0v) is 16.7. The van der Waals surface area contributed by atoms with Crippen molar-refractivity contribution in [2.45, 2.75) is 25.7 Å². The predicted octanol–water partition coefficient (Wildman–Crippen LogP) is 4.56. The summed E-state index contributed by atoms with van der Waals surface area (Å²) in [6, 6.07) is 13.9. The summed E-state index contributed by atoms with van der Waals surface area (Å²) in [5.74, 6) is 0.379. The average molecular weight is 425 g/mol. The number of carbonyl (C=O) groups is 1. The first kappa shape index (κ1) is 17.9. The van der Waals surface area contributed by atoms with Crippen molar-refractivity contribution in [3.8, 4) is 11.3 Å². The van der Waals surface area contributed by atoms with Gasteiger partial charge in [-0.2, -0.15) is 5.10 Å². The van der Waals surface area contributed by atoms with E-state index in [9.17, 15) is 4.79 Å². The van der Waals surface area contributed by atoms with Crippen molar-refractivity contribution in [3.05, 3.63) is 70.1 Å². The molecule has 0 spiro atoms. The van der Waals surface area contributed by atoms with Gasteiger partial charge >= 0.3 is 0 Å². The van der Waals surface area contributed by atoms with Crippen LogP contribution >= 0.6 is 15.9 Å². The molecule has 1 saturated heterocycles. The SMILES string of the molecule is Cc1nc(-c2cccc(Br)c2)ccc1C(=O)N1CCCC(c2ccn[nH]2)C1. The van der Waals surface area contributed by atoms with Gasteiger partial charge in [-0.3, -0.25) is 14.9 Å². The number of nitrogens with zero attached hydrogens (tertiary/aromatic N) is 3. The van der Waals surface area contributed by atoms with Gasteiger partial charge in [0.15, 0.2) is 0 Å². The molecule has 1 aliphatic heterocycles. The minimum absolute atomic E-state index is 0.0602. The summed E-state index contributed by atoms with van der Waals surface area (Å²) in [4.78, 5) is 19.7. The lowest BCUT2D eigenvalue weighted by molar-refractivity contribution is 0.0704. The van der Waals surface area contributed by atoms with Gasteiger partial charge in [0.2, 0.25) is 0 Å². The van der Waals surface area contributed by atoms with Gasteiger partial charge in [0.1, 0.15) is 0 Å². The normalized spacial score (nSPS) is 17.1. The number of pyridine rings is 1. The molecule has 3 heterocycles. The summed E-state index contributed by atoms with van der Waals surface area (Å²) in [5, 5.41) is 7.09. The van der Waals surface area contributed by atoms with E-state index in [2.05, 4.69) is 31.1 Å². The number of aromatic amines is 1. The molecular formula is C21H21BrN4O. The summed E-state index contributed by atoms with van der Waals surface area (Å²) < 4.78 is 1.01. The number of rotatable bonds is 3. The number of halogens is 1. The van der Waals surface area contributed by atoms with E-state index in [4.69, 9.17) is 0 Å². The lowest BCUT2D eigenvalue weighted by atomic mass is 9.94.